The van der Waals surface area contributed by atoms with Crippen LogP contribution < -0.4 is 15.4 Å². The summed E-state index contributed by atoms with van der Waals surface area (Å²) in [6, 6.07) is 15.7. The molecule has 2 heterocycles. The lowest BCUT2D eigenvalue weighted by atomic mass is 9.87. The lowest BCUT2D eigenvalue weighted by Crippen LogP contribution is -2.35. The molecule has 4 rings (SSSR count). The van der Waals surface area contributed by atoms with Crippen molar-refractivity contribution in [2.75, 3.05) is 9.62 Å². The number of nitrogens with zero attached hydrogens (tertiary/aromatic N) is 2. The number of nitrogens with one attached hydrogen (secondary N) is 1. The number of hydrogen-bond donors (Lipinski definition) is 2. The molecule has 1 unspecified atom stereocenters. The third-order valence-corrected chi connectivity index (χ3v) is 6.44. The van der Waals surface area contributed by atoms with E-state index in [2.05, 4.69) is 30.5 Å². The maximum atomic E-state index is 12.7. The second-order valence-corrected chi connectivity index (χ2v) is 9.89. The van der Waals surface area contributed by atoms with Crippen LogP contribution in [0.25, 0.3) is 0 Å². The Balaban J connectivity index is 1.51. The molecule has 3 N–H and O–H groups in total. The number of hydrogen-bond acceptors (Lipinski definition) is 6. The molecule has 3 aromatic rings. The molecule has 0 amide bonds. The average molecular weight is 425 g/mol. The molecular formula is C22H24N4O3S. The van der Waals surface area contributed by atoms with Gasteiger partial charge in [0.25, 0.3) is 10.0 Å². The summed E-state index contributed by atoms with van der Waals surface area (Å²) in [6.07, 6.45) is 2.73. The van der Waals surface area contributed by atoms with E-state index in [1.165, 1.54) is 0 Å². The van der Waals surface area contributed by atoms with Gasteiger partial charge in [0, 0.05) is 11.4 Å². The minimum Gasteiger partial charge on any atom is -0.446 e. The molecule has 1 aromatic heterocycles. The summed E-state index contributed by atoms with van der Waals surface area (Å²) in [6.45, 7) is 6.26. The number of nitrogens with two attached hydrogens (primary N) is 1. The standard InChI is InChI=1S/C22H24N4O3S/c1-22(2,3)15-4-10-18(11-5-15)30(27,28)25-16-6-8-17(9-7-16)26-14-24-21-19(20(26)23)12-13-29-21/h4-14,20,25H,23H2,1-3H3. The fraction of sp³-hybridized carbons (Fsp3) is 0.227. The van der Waals surface area contributed by atoms with Crippen molar-refractivity contribution in [1.29, 1.82) is 0 Å². The first-order valence-corrected chi connectivity index (χ1v) is 11.0. The molecule has 0 spiro atoms. The van der Waals surface area contributed by atoms with Gasteiger partial charge in [0.05, 0.1) is 16.7 Å². The molecule has 0 fully saturated rings. The molecule has 156 valence electrons. The van der Waals surface area contributed by atoms with Crippen molar-refractivity contribution in [3.63, 3.8) is 0 Å². The average Bonchev–Trinajstić information content (AvgIpc) is 3.18. The smallest absolute Gasteiger partial charge is 0.261 e. The number of sulfonamides is 1. The van der Waals surface area contributed by atoms with Crippen LogP contribution >= 0.6 is 0 Å². The van der Waals surface area contributed by atoms with Crippen molar-refractivity contribution in [2.24, 2.45) is 10.7 Å². The van der Waals surface area contributed by atoms with Gasteiger partial charge in [0.1, 0.15) is 12.5 Å². The van der Waals surface area contributed by atoms with Crippen LogP contribution in [0.1, 0.15) is 38.1 Å². The van der Waals surface area contributed by atoms with Crippen LogP contribution in [0.2, 0.25) is 0 Å². The van der Waals surface area contributed by atoms with Gasteiger partial charge < -0.3 is 15.1 Å². The van der Waals surface area contributed by atoms with E-state index >= 15 is 0 Å². The number of aliphatic imine (C=N–C) groups is 1. The Labute approximate surface area is 176 Å². The van der Waals surface area contributed by atoms with E-state index < -0.39 is 16.2 Å². The highest BCUT2D eigenvalue weighted by Gasteiger charge is 2.24. The van der Waals surface area contributed by atoms with Gasteiger partial charge in [-0.25, -0.2) is 13.4 Å². The van der Waals surface area contributed by atoms with Gasteiger partial charge in [-0.05, 0) is 53.4 Å². The van der Waals surface area contributed by atoms with Gasteiger partial charge in [0.15, 0.2) is 0 Å². The maximum absolute atomic E-state index is 12.7. The Kier molecular flexibility index (Phi) is 4.91. The molecule has 1 aliphatic heterocycles. The van der Waals surface area contributed by atoms with E-state index in [0.29, 0.717) is 11.6 Å². The third kappa shape index (κ3) is 3.83. The van der Waals surface area contributed by atoms with Crippen LogP contribution in [0.4, 0.5) is 17.3 Å². The summed E-state index contributed by atoms with van der Waals surface area (Å²) in [5.41, 5.74) is 9.37. The molecule has 0 saturated heterocycles. The number of rotatable bonds is 4. The van der Waals surface area contributed by atoms with Crippen LogP contribution in [0, 0.1) is 0 Å². The molecule has 7 nitrogen and oxygen atoms in total. The molecule has 30 heavy (non-hydrogen) atoms. The minimum absolute atomic E-state index is 0.0403. The van der Waals surface area contributed by atoms with Crippen LogP contribution in [-0.2, 0) is 15.4 Å². The van der Waals surface area contributed by atoms with Gasteiger partial charge in [-0.2, -0.15) is 0 Å². The quantitative estimate of drug-likeness (QED) is 0.641. The predicted molar refractivity (Wildman–Crippen MR) is 119 cm³/mol. The lowest BCUT2D eigenvalue weighted by molar-refractivity contribution is 0.567. The first kappa shape index (κ1) is 20.2. The second kappa shape index (κ2) is 7.30. The first-order chi connectivity index (χ1) is 14.1. The Bertz CT molecular complexity index is 1170. The van der Waals surface area contributed by atoms with Crippen molar-refractivity contribution >= 4 is 33.6 Å². The van der Waals surface area contributed by atoms with Crippen LogP contribution in [0.15, 0.2) is 75.2 Å². The SMILES string of the molecule is CC(C)(C)c1ccc(S(=O)(=O)Nc2ccc(N3C=Nc4occc4C3N)cc2)cc1. The van der Waals surface area contributed by atoms with Crippen molar-refractivity contribution in [3.8, 4) is 0 Å². The molecule has 0 bridgehead atoms. The summed E-state index contributed by atoms with van der Waals surface area (Å²) in [5.74, 6) is 0.501. The van der Waals surface area contributed by atoms with Crippen LogP contribution in [-0.4, -0.2) is 14.8 Å². The maximum Gasteiger partial charge on any atom is 0.261 e. The Hall–Kier alpha value is -3.10. The Morgan fingerprint density at radius 2 is 1.70 bits per heavy atom. The predicted octanol–water partition coefficient (Wildman–Crippen LogP) is 4.52. The zero-order valence-corrected chi connectivity index (χ0v) is 17.8. The highest BCUT2D eigenvalue weighted by Crippen LogP contribution is 2.34. The molecule has 0 aliphatic carbocycles. The molecule has 0 radical (unpaired) electrons. The number of fused-ring (bicyclic) bond motifs is 1. The van der Waals surface area contributed by atoms with Gasteiger partial charge in [0.2, 0.25) is 5.88 Å². The van der Waals surface area contributed by atoms with E-state index in [0.717, 1.165) is 16.8 Å². The number of furan rings is 1. The minimum atomic E-state index is -3.68. The van der Waals surface area contributed by atoms with Crippen LogP contribution in [0.5, 0.6) is 0 Å². The van der Waals surface area contributed by atoms with Gasteiger partial charge in [-0.1, -0.05) is 32.9 Å². The lowest BCUT2D eigenvalue weighted by Gasteiger charge is -2.29. The largest absolute Gasteiger partial charge is 0.446 e. The summed E-state index contributed by atoms with van der Waals surface area (Å²) in [4.78, 5) is 6.26. The molecule has 1 atom stereocenters. The monoisotopic (exact) mass is 424 g/mol. The van der Waals surface area contributed by atoms with Crippen molar-refractivity contribution < 1.29 is 12.8 Å². The Morgan fingerprint density at radius 1 is 1.03 bits per heavy atom. The zero-order chi connectivity index (χ0) is 21.5. The van der Waals surface area contributed by atoms with Gasteiger partial charge in [-0.15, -0.1) is 0 Å². The molecular weight excluding hydrogens is 400 g/mol. The molecule has 2 aromatic carbocycles. The van der Waals surface area contributed by atoms with Gasteiger partial charge in [-0.3, -0.25) is 4.72 Å². The molecule has 0 saturated carbocycles. The molecule has 8 heteroatoms. The highest BCUT2D eigenvalue weighted by molar-refractivity contribution is 7.92. The van der Waals surface area contributed by atoms with E-state index in [4.69, 9.17) is 10.2 Å². The number of anilines is 2. The van der Waals surface area contributed by atoms with Crippen molar-refractivity contribution in [2.45, 2.75) is 37.2 Å². The zero-order valence-electron chi connectivity index (χ0n) is 17.0. The summed E-state index contributed by atoms with van der Waals surface area (Å²) in [7, 11) is -3.68. The van der Waals surface area contributed by atoms with Crippen molar-refractivity contribution in [1.82, 2.24) is 0 Å². The summed E-state index contributed by atoms with van der Waals surface area (Å²) < 4.78 is 33.4. The van der Waals surface area contributed by atoms with E-state index in [1.807, 2.05) is 12.1 Å². The van der Waals surface area contributed by atoms with E-state index in [9.17, 15) is 8.42 Å². The first-order valence-electron chi connectivity index (χ1n) is 9.54. The number of benzene rings is 2. The second-order valence-electron chi connectivity index (χ2n) is 8.20. The fourth-order valence-electron chi connectivity index (χ4n) is 3.25. The fourth-order valence-corrected chi connectivity index (χ4v) is 4.31. The third-order valence-electron chi connectivity index (χ3n) is 5.04. The topological polar surface area (TPSA) is 101 Å². The Morgan fingerprint density at radius 3 is 2.33 bits per heavy atom. The van der Waals surface area contributed by atoms with Crippen molar-refractivity contribution in [3.05, 3.63) is 72.0 Å². The molecule has 1 aliphatic rings. The van der Waals surface area contributed by atoms with E-state index in [-0.39, 0.29) is 10.3 Å². The summed E-state index contributed by atoms with van der Waals surface area (Å²) in [5, 5.41) is 0. The van der Waals surface area contributed by atoms with Gasteiger partial charge >= 0.3 is 0 Å². The normalized spacial score (nSPS) is 16.4. The van der Waals surface area contributed by atoms with Crippen LogP contribution in [0.3, 0.4) is 0 Å². The van der Waals surface area contributed by atoms with E-state index in [1.54, 1.807) is 60.0 Å². The highest BCUT2D eigenvalue weighted by atomic mass is 32.2. The summed E-state index contributed by atoms with van der Waals surface area (Å²) >= 11 is 0.